The first-order valence-corrected chi connectivity index (χ1v) is 6.32. The van der Waals surface area contributed by atoms with Crippen molar-refractivity contribution in [3.8, 4) is 0 Å². The Hall–Kier alpha value is -0.680. The van der Waals surface area contributed by atoms with Crippen LogP contribution in [0.25, 0.3) is 0 Å². The van der Waals surface area contributed by atoms with Crippen LogP contribution >= 0.6 is 15.9 Å². The van der Waals surface area contributed by atoms with Crippen LogP contribution in [0.1, 0.15) is 19.2 Å². The number of anilines is 1. The Balaban J connectivity index is 2.65. The third-order valence-corrected chi connectivity index (χ3v) is 2.70. The van der Waals surface area contributed by atoms with Gasteiger partial charge in [-0.25, -0.2) is 9.97 Å². The van der Waals surface area contributed by atoms with E-state index in [2.05, 4.69) is 57.1 Å². The second-order valence-electron chi connectivity index (χ2n) is 3.96. The lowest BCUT2D eigenvalue weighted by Crippen LogP contribution is -2.16. The van der Waals surface area contributed by atoms with Crippen molar-refractivity contribution < 1.29 is 0 Å². The molecule has 1 heterocycles. The molecule has 0 saturated carbocycles. The molecule has 0 atom stereocenters. The number of rotatable bonds is 6. The first kappa shape index (κ1) is 13.4. The van der Waals surface area contributed by atoms with Gasteiger partial charge < -0.3 is 10.2 Å². The van der Waals surface area contributed by atoms with Gasteiger partial charge in [0, 0.05) is 25.7 Å². The van der Waals surface area contributed by atoms with E-state index in [-0.39, 0.29) is 0 Å². The molecular formula is C11H19BrN4. The Kier molecular flexibility index (Phi) is 5.69. The molecular weight excluding hydrogens is 268 g/mol. The Morgan fingerprint density at radius 3 is 2.81 bits per heavy atom. The maximum atomic E-state index is 4.49. The van der Waals surface area contributed by atoms with Crippen molar-refractivity contribution in [3.05, 3.63) is 16.5 Å². The summed E-state index contributed by atoms with van der Waals surface area (Å²) < 4.78 is 0.926. The molecule has 0 aliphatic carbocycles. The van der Waals surface area contributed by atoms with Gasteiger partial charge in [-0.15, -0.1) is 0 Å². The second-order valence-corrected chi connectivity index (χ2v) is 4.82. The molecule has 0 radical (unpaired) electrons. The lowest BCUT2D eigenvalue weighted by Gasteiger charge is -2.10. The van der Waals surface area contributed by atoms with Crippen molar-refractivity contribution >= 4 is 21.7 Å². The number of hydrogen-bond donors (Lipinski definition) is 1. The molecule has 0 fully saturated rings. The van der Waals surface area contributed by atoms with E-state index in [4.69, 9.17) is 0 Å². The zero-order chi connectivity index (χ0) is 12.0. The Bertz CT molecular complexity index is 328. The molecule has 0 amide bonds. The van der Waals surface area contributed by atoms with Gasteiger partial charge in [0.1, 0.15) is 11.6 Å². The third kappa shape index (κ3) is 4.45. The Morgan fingerprint density at radius 2 is 2.19 bits per heavy atom. The van der Waals surface area contributed by atoms with E-state index < -0.39 is 0 Å². The quantitative estimate of drug-likeness (QED) is 0.870. The van der Waals surface area contributed by atoms with E-state index >= 15 is 0 Å². The van der Waals surface area contributed by atoms with Crippen molar-refractivity contribution in [1.29, 1.82) is 0 Å². The van der Waals surface area contributed by atoms with Gasteiger partial charge in [-0.3, -0.25) is 0 Å². The van der Waals surface area contributed by atoms with E-state index in [9.17, 15) is 0 Å². The highest BCUT2D eigenvalue weighted by Crippen LogP contribution is 2.18. The van der Waals surface area contributed by atoms with Crippen molar-refractivity contribution in [1.82, 2.24) is 14.9 Å². The van der Waals surface area contributed by atoms with Gasteiger partial charge in [0.25, 0.3) is 0 Å². The maximum Gasteiger partial charge on any atom is 0.144 e. The fraction of sp³-hybridized carbons (Fsp3) is 0.636. The van der Waals surface area contributed by atoms with Crippen LogP contribution in [-0.4, -0.2) is 42.1 Å². The standard InChI is InChI=1S/C11H19BrN4/c1-4-6-13-11-9(12)8-14-10(15-11)5-7-16(2)3/h8H,4-7H2,1-3H3,(H,13,14,15). The first-order chi connectivity index (χ1) is 7.63. The smallest absolute Gasteiger partial charge is 0.144 e. The minimum absolute atomic E-state index is 0.876. The molecule has 4 nitrogen and oxygen atoms in total. The number of likely N-dealkylation sites (N-methyl/N-ethyl adjacent to an activating group) is 1. The van der Waals surface area contributed by atoms with Gasteiger partial charge in [0.05, 0.1) is 4.47 Å². The fourth-order valence-electron chi connectivity index (χ4n) is 1.22. The topological polar surface area (TPSA) is 41.1 Å². The summed E-state index contributed by atoms with van der Waals surface area (Å²) in [6, 6.07) is 0. The SMILES string of the molecule is CCCNc1nc(CCN(C)C)ncc1Br. The average Bonchev–Trinajstić information content (AvgIpc) is 2.26. The molecule has 1 rings (SSSR count). The van der Waals surface area contributed by atoms with Crippen molar-refractivity contribution in [2.75, 3.05) is 32.5 Å². The minimum Gasteiger partial charge on any atom is -0.369 e. The fourth-order valence-corrected chi connectivity index (χ4v) is 1.55. The Morgan fingerprint density at radius 1 is 1.44 bits per heavy atom. The van der Waals surface area contributed by atoms with Gasteiger partial charge in [-0.05, 0) is 36.4 Å². The summed E-state index contributed by atoms with van der Waals surface area (Å²) in [5.74, 6) is 1.78. The number of nitrogens with one attached hydrogen (secondary N) is 1. The van der Waals surface area contributed by atoms with E-state index in [1.54, 1.807) is 0 Å². The molecule has 16 heavy (non-hydrogen) atoms. The van der Waals surface area contributed by atoms with Crippen LogP contribution in [0.4, 0.5) is 5.82 Å². The van der Waals surface area contributed by atoms with E-state index in [0.717, 1.165) is 42.0 Å². The molecule has 1 N–H and O–H groups in total. The molecule has 1 aromatic heterocycles. The number of aromatic nitrogens is 2. The van der Waals surface area contributed by atoms with Gasteiger partial charge in [0.15, 0.2) is 0 Å². The molecule has 0 aliphatic heterocycles. The molecule has 0 unspecified atom stereocenters. The predicted octanol–water partition coefficient (Wildman–Crippen LogP) is 2.17. The molecule has 0 bridgehead atoms. The maximum absolute atomic E-state index is 4.49. The number of hydrogen-bond acceptors (Lipinski definition) is 4. The van der Waals surface area contributed by atoms with Crippen LogP contribution in [0.2, 0.25) is 0 Å². The highest BCUT2D eigenvalue weighted by Gasteiger charge is 2.04. The van der Waals surface area contributed by atoms with Crippen LogP contribution in [0.3, 0.4) is 0 Å². The lowest BCUT2D eigenvalue weighted by atomic mass is 10.3. The molecule has 0 saturated heterocycles. The highest BCUT2D eigenvalue weighted by atomic mass is 79.9. The summed E-state index contributed by atoms with van der Waals surface area (Å²) in [4.78, 5) is 10.9. The molecule has 5 heteroatoms. The first-order valence-electron chi connectivity index (χ1n) is 5.53. The summed E-state index contributed by atoms with van der Waals surface area (Å²) in [6.07, 6.45) is 3.78. The second kappa shape index (κ2) is 6.81. The normalized spacial score (nSPS) is 10.8. The van der Waals surface area contributed by atoms with Gasteiger partial charge in [-0.1, -0.05) is 6.92 Å². The summed E-state index contributed by atoms with van der Waals surface area (Å²) in [6.45, 7) is 4.03. The summed E-state index contributed by atoms with van der Waals surface area (Å²) >= 11 is 3.44. The van der Waals surface area contributed by atoms with Gasteiger partial charge in [-0.2, -0.15) is 0 Å². The molecule has 90 valence electrons. The molecule has 0 aromatic carbocycles. The zero-order valence-corrected chi connectivity index (χ0v) is 11.7. The molecule has 0 spiro atoms. The van der Waals surface area contributed by atoms with Crippen LogP contribution in [-0.2, 0) is 6.42 Å². The van der Waals surface area contributed by atoms with Crippen molar-refractivity contribution in [3.63, 3.8) is 0 Å². The Labute approximate surface area is 106 Å². The zero-order valence-electron chi connectivity index (χ0n) is 10.1. The van der Waals surface area contributed by atoms with E-state index in [1.165, 1.54) is 0 Å². The largest absolute Gasteiger partial charge is 0.369 e. The predicted molar refractivity (Wildman–Crippen MR) is 70.8 cm³/mol. The molecule has 0 aliphatic rings. The lowest BCUT2D eigenvalue weighted by molar-refractivity contribution is 0.409. The monoisotopic (exact) mass is 286 g/mol. The minimum atomic E-state index is 0.876. The van der Waals surface area contributed by atoms with Crippen molar-refractivity contribution in [2.45, 2.75) is 19.8 Å². The highest BCUT2D eigenvalue weighted by molar-refractivity contribution is 9.10. The van der Waals surface area contributed by atoms with Crippen LogP contribution < -0.4 is 5.32 Å². The van der Waals surface area contributed by atoms with Crippen molar-refractivity contribution in [2.24, 2.45) is 0 Å². The van der Waals surface area contributed by atoms with E-state index in [1.807, 2.05) is 6.20 Å². The molecule has 1 aromatic rings. The number of halogens is 1. The van der Waals surface area contributed by atoms with Gasteiger partial charge >= 0.3 is 0 Å². The van der Waals surface area contributed by atoms with Crippen LogP contribution in [0.5, 0.6) is 0 Å². The summed E-state index contributed by atoms with van der Waals surface area (Å²) in [7, 11) is 4.10. The van der Waals surface area contributed by atoms with Crippen LogP contribution in [0, 0.1) is 0 Å². The van der Waals surface area contributed by atoms with Crippen LogP contribution in [0.15, 0.2) is 10.7 Å². The summed E-state index contributed by atoms with van der Waals surface area (Å²) in [5.41, 5.74) is 0. The van der Waals surface area contributed by atoms with E-state index in [0.29, 0.717) is 0 Å². The number of nitrogens with zero attached hydrogens (tertiary/aromatic N) is 3. The summed E-state index contributed by atoms with van der Waals surface area (Å²) in [5, 5.41) is 3.28. The van der Waals surface area contributed by atoms with Gasteiger partial charge in [0.2, 0.25) is 0 Å². The average molecular weight is 287 g/mol. The third-order valence-electron chi connectivity index (χ3n) is 2.12.